The smallest absolute Gasteiger partial charge is 0.463 e. The molecule has 0 aliphatic carbocycles. The fraction of sp³-hybridized carbons (Fsp3) is 0.947. The van der Waals surface area contributed by atoms with Crippen LogP contribution in [0.2, 0.25) is 0 Å². The summed E-state index contributed by atoms with van der Waals surface area (Å²) in [6, 6.07) is 0. The van der Waals surface area contributed by atoms with Gasteiger partial charge in [-0.05, 0) is 12.8 Å². The van der Waals surface area contributed by atoms with E-state index in [0.29, 0.717) is 12.8 Å². The van der Waals surface area contributed by atoms with Gasteiger partial charge in [-0.3, -0.25) is 14.6 Å². The van der Waals surface area contributed by atoms with Gasteiger partial charge in [-0.2, -0.15) is 5.06 Å². The zero-order valence-electron chi connectivity index (χ0n) is 32.0. The van der Waals surface area contributed by atoms with Gasteiger partial charge in [0.15, 0.2) is 6.10 Å². The number of quaternary nitrogens is 1. The molecule has 0 aromatic heterocycles. The Morgan fingerprint density at radius 3 is 1.24 bits per heavy atom. The van der Waals surface area contributed by atoms with E-state index in [1.807, 2.05) is 0 Å². The number of esters is 2. The third kappa shape index (κ3) is 36.7. The monoisotopic (exact) mass is 739 g/mol. The molecule has 0 bridgehead atoms. The Kier molecular flexibility index (Phi) is 34.2. The molecule has 297 valence electrons. The van der Waals surface area contributed by atoms with E-state index in [9.17, 15) is 34.2 Å². The number of carbonyl (C=O) groups excluding carboxylic acids is 2. The first kappa shape index (κ1) is 48.9. The van der Waals surface area contributed by atoms with Crippen LogP contribution in [0.5, 0.6) is 0 Å². The largest absolute Gasteiger partial charge is 0.574 e. The summed E-state index contributed by atoms with van der Waals surface area (Å²) in [4.78, 5) is 42.8. The molecule has 5 N–H and O–H groups in total. The second kappa shape index (κ2) is 35.0. The van der Waals surface area contributed by atoms with Gasteiger partial charge in [0.1, 0.15) is 32.2 Å². The summed E-state index contributed by atoms with van der Waals surface area (Å²) in [6.07, 6.45) is 29.2. The molecule has 50 heavy (non-hydrogen) atoms. The van der Waals surface area contributed by atoms with Crippen molar-refractivity contribution < 1.29 is 53.3 Å². The molecule has 0 aliphatic heterocycles. The van der Waals surface area contributed by atoms with Crippen molar-refractivity contribution in [2.45, 2.75) is 206 Å². The normalized spacial score (nSPS) is 13.6. The van der Waals surface area contributed by atoms with Crippen molar-refractivity contribution in [2.24, 2.45) is 0 Å². The van der Waals surface area contributed by atoms with E-state index in [4.69, 9.17) is 9.47 Å². The van der Waals surface area contributed by atoms with Crippen LogP contribution in [0.1, 0.15) is 194 Å². The molecule has 12 heteroatoms. The number of carbonyl (C=O) groups is 2. The molecule has 0 saturated heterocycles. The number of ether oxygens (including phenoxy) is 2. The SMILES string of the molecule is CCCCCCCCCCCCCCCC(=O)OC[C@@H](O)C[NH+](C[C@H](O)COC(=[O+])CCCCCCCCCCCCCCC)OP(=O)(O)O. The summed E-state index contributed by atoms with van der Waals surface area (Å²) in [5.41, 5.74) is 0. The predicted octanol–water partition coefficient (Wildman–Crippen LogP) is 7.67. The van der Waals surface area contributed by atoms with Gasteiger partial charge in [-0.25, -0.2) is 4.57 Å². The zero-order valence-corrected chi connectivity index (χ0v) is 32.9. The maximum absolute atomic E-state index is 12.1. The number of phosphoric acid groups is 1. The van der Waals surface area contributed by atoms with Crippen molar-refractivity contribution in [1.29, 1.82) is 0 Å². The zero-order chi connectivity index (χ0) is 37.1. The summed E-state index contributed by atoms with van der Waals surface area (Å²) in [5, 5.41) is 20.4. The van der Waals surface area contributed by atoms with E-state index in [2.05, 4.69) is 18.5 Å². The molecule has 0 unspecified atom stereocenters. The maximum Gasteiger partial charge on any atom is 0.574 e. The summed E-state index contributed by atoms with van der Waals surface area (Å²) >= 11 is 0. The number of nitrogens with one attached hydrogen (secondary N) is 1. The minimum atomic E-state index is -4.96. The number of unbranched alkanes of at least 4 members (excludes halogenated alkanes) is 24. The van der Waals surface area contributed by atoms with Gasteiger partial charge in [0.25, 0.3) is 0 Å². The van der Waals surface area contributed by atoms with Gasteiger partial charge in [0.2, 0.25) is 6.61 Å². The first-order valence-corrected chi connectivity index (χ1v) is 21.9. The second-order valence-corrected chi connectivity index (χ2v) is 15.4. The third-order valence-electron chi connectivity index (χ3n) is 9.02. The Bertz CT molecular complexity index is 773. The predicted molar refractivity (Wildman–Crippen MR) is 198 cm³/mol. The van der Waals surface area contributed by atoms with Crippen molar-refractivity contribution >= 4 is 19.8 Å². The van der Waals surface area contributed by atoms with Crippen LogP contribution in [0.15, 0.2) is 0 Å². The Hall–Kier alpha value is -1.07. The van der Waals surface area contributed by atoms with Crippen LogP contribution >= 0.6 is 7.82 Å². The van der Waals surface area contributed by atoms with E-state index in [0.717, 1.165) is 38.5 Å². The van der Waals surface area contributed by atoms with Crippen LogP contribution in [0.3, 0.4) is 0 Å². The van der Waals surface area contributed by atoms with E-state index < -0.39 is 32.0 Å². The van der Waals surface area contributed by atoms with E-state index in [1.54, 1.807) is 0 Å². The molecule has 0 fully saturated rings. The van der Waals surface area contributed by atoms with Crippen LogP contribution in [-0.4, -0.2) is 70.4 Å². The highest BCUT2D eigenvalue weighted by Gasteiger charge is 2.31. The lowest BCUT2D eigenvalue weighted by molar-refractivity contribution is -1.07. The van der Waals surface area contributed by atoms with Crippen LogP contribution in [0.25, 0.3) is 0 Å². The van der Waals surface area contributed by atoms with Gasteiger partial charge in [0, 0.05) is 11.2 Å². The van der Waals surface area contributed by atoms with Gasteiger partial charge in [-0.1, -0.05) is 173 Å². The molecule has 0 amide bonds. The highest BCUT2D eigenvalue weighted by Crippen LogP contribution is 2.32. The van der Waals surface area contributed by atoms with Crippen LogP contribution in [0, 0.1) is 0 Å². The average Bonchev–Trinajstić information content (AvgIpc) is 3.06. The van der Waals surface area contributed by atoms with Gasteiger partial charge < -0.3 is 19.7 Å². The highest BCUT2D eigenvalue weighted by atomic mass is 31.2. The number of hydrogen-bond donors (Lipinski definition) is 5. The van der Waals surface area contributed by atoms with Crippen LogP contribution in [0.4, 0.5) is 0 Å². The van der Waals surface area contributed by atoms with E-state index in [1.165, 1.54) is 116 Å². The molecule has 1 radical (unpaired) electrons. The fourth-order valence-electron chi connectivity index (χ4n) is 6.07. The molecule has 0 spiro atoms. The number of hydroxylamine groups is 2. The first-order valence-electron chi connectivity index (χ1n) is 20.3. The summed E-state index contributed by atoms with van der Waals surface area (Å²) in [5.74, 6) is -0.889. The molecule has 2 atom stereocenters. The lowest BCUT2D eigenvalue weighted by atomic mass is 10.0. The highest BCUT2D eigenvalue weighted by molar-refractivity contribution is 7.46. The molecule has 0 saturated carbocycles. The quantitative estimate of drug-likeness (QED) is 0.0139. The second-order valence-electron chi connectivity index (χ2n) is 14.2. The van der Waals surface area contributed by atoms with Crippen LogP contribution in [-0.2, 0) is 28.3 Å². The molecule has 0 aliphatic rings. The molecule has 0 aromatic carbocycles. The average molecular weight is 739 g/mol. The first-order chi connectivity index (χ1) is 24.1. The number of aliphatic hydroxyl groups is 2. The minimum Gasteiger partial charge on any atom is -0.463 e. The third-order valence-corrected chi connectivity index (χ3v) is 9.51. The minimum absolute atomic E-state index is 0.240. The Labute approximate surface area is 304 Å². The maximum atomic E-state index is 12.1. The number of aliphatic hydroxyl groups excluding tert-OH is 2. The molecule has 0 aromatic rings. The Morgan fingerprint density at radius 1 is 0.560 bits per heavy atom. The summed E-state index contributed by atoms with van der Waals surface area (Å²) < 4.78 is 26.4. The molecule has 0 rings (SSSR count). The summed E-state index contributed by atoms with van der Waals surface area (Å²) in [6.45, 7) is 3.02. The standard InChI is InChI=1S/C38H76NO10P/c1-3-5-7-9-11-13-15-17-19-21-23-25-27-29-37(42)47-33-35(40)31-39(49-50(44,45)46)32-36(41)34-48-38(43)30-28-26-24-22-20-18-16-14-12-10-8-6-4-2/h35-36,40-41H,3-34H2,1-2H3,(H2,44,45,46)/q+1/p+1/t35-,36-/m0/s1. The van der Waals surface area contributed by atoms with Gasteiger partial charge in [0.05, 0.1) is 0 Å². The summed E-state index contributed by atoms with van der Waals surface area (Å²) in [7, 11) is -4.96. The van der Waals surface area contributed by atoms with Crippen molar-refractivity contribution in [1.82, 2.24) is 0 Å². The number of rotatable bonds is 38. The Morgan fingerprint density at radius 2 is 0.880 bits per heavy atom. The van der Waals surface area contributed by atoms with Gasteiger partial charge >= 0.3 is 19.8 Å². The topological polar surface area (TPSA) is 167 Å². The van der Waals surface area contributed by atoms with Crippen molar-refractivity contribution in [3.8, 4) is 0 Å². The van der Waals surface area contributed by atoms with E-state index >= 15 is 0 Å². The van der Waals surface area contributed by atoms with Crippen molar-refractivity contribution in [3.05, 3.63) is 0 Å². The van der Waals surface area contributed by atoms with Gasteiger partial charge in [-0.15, -0.1) is 0 Å². The molecule has 0 heterocycles. The van der Waals surface area contributed by atoms with E-state index in [-0.39, 0.29) is 44.2 Å². The lowest BCUT2D eigenvalue weighted by Crippen LogP contribution is -3.13. The van der Waals surface area contributed by atoms with Crippen molar-refractivity contribution in [3.63, 3.8) is 0 Å². The lowest BCUT2D eigenvalue weighted by Gasteiger charge is -2.21. The number of hydrogen-bond acceptors (Lipinski definition) is 8. The Balaban J connectivity index is 4.02. The molecular formula is C38H77NO10P+2. The van der Waals surface area contributed by atoms with Crippen molar-refractivity contribution in [2.75, 3.05) is 26.3 Å². The van der Waals surface area contributed by atoms with Crippen LogP contribution < -0.4 is 5.06 Å². The molecular weight excluding hydrogens is 661 g/mol. The molecule has 11 nitrogen and oxygen atoms in total. The fourth-order valence-corrected chi connectivity index (χ4v) is 6.55.